The first-order chi connectivity index (χ1) is 28.5. The number of nitrogens with zero attached hydrogens (tertiary/aromatic N) is 1. The Kier molecular flexibility index (Phi) is 15.1. The molecule has 1 aliphatic carbocycles. The molecule has 0 saturated carbocycles. The van der Waals surface area contributed by atoms with E-state index in [2.05, 4.69) is 194 Å². The second kappa shape index (κ2) is 21.2. The molecule has 0 bridgehead atoms. The Morgan fingerprint density at radius 3 is 1.67 bits per heavy atom. The predicted molar refractivity (Wildman–Crippen MR) is 251 cm³/mol. The maximum absolute atomic E-state index is 6.37. The molecule has 0 amide bonds. The fourth-order valence-corrected chi connectivity index (χ4v) is 7.13. The quantitative estimate of drug-likeness (QED) is 0.168. The Hall–Kier alpha value is -6.42. The molecule has 0 saturated heterocycles. The molecule has 0 spiro atoms. The average Bonchev–Trinajstić information content (AvgIpc) is 3.68. The first kappa shape index (κ1) is 41.2. The number of furan rings is 1. The van der Waals surface area contributed by atoms with Crippen molar-refractivity contribution in [3.63, 3.8) is 0 Å². The van der Waals surface area contributed by atoms with Gasteiger partial charge in [-0.2, -0.15) is 0 Å². The molecule has 2 N–H and O–H groups in total. The molecule has 0 atom stereocenters. The van der Waals surface area contributed by atoms with E-state index in [1.165, 1.54) is 70.1 Å². The third kappa shape index (κ3) is 11.1. The zero-order chi connectivity index (χ0) is 40.5. The molecule has 1 aliphatic rings. The van der Waals surface area contributed by atoms with Crippen LogP contribution in [0.4, 0.5) is 5.69 Å². The van der Waals surface area contributed by atoms with Crippen LogP contribution < -0.4 is 10.6 Å². The molecule has 1 heterocycles. The van der Waals surface area contributed by atoms with Gasteiger partial charge in [0.25, 0.3) is 0 Å². The van der Waals surface area contributed by atoms with Crippen LogP contribution in [0.2, 0.25) is 0 Å². The van der Waals surface area contributed by atoms with E-state index >= 15 is 0 Å². The van der Waals surface area contributed by atoms with E-state index in [9.17, 15) is 0 Å². The maximum atomic E-state index is 6.37. The van der Waals surface area contributed by atoms with Gasteiger partial charge >= 0.3 is 0 Å². The number of fused-ring (bicyclic) bond motifs is 3. The molecule has 292 valence electrons. The van der Waals surface area contributed by atoms with Crippen molar-refractivity contribution in [1.29, 1.82) is 0 Å². The number of benzene rings is 7. The van der Waals surface area contributed by atoms with Crippen LogP contribution in [0.15, 0.2) is 204 Å². The van der Waals surface area contributed by atoms with Gasteiger partial charge in [0.2, 0.25) is 0 Å². The minimum absolute atomic E-state index is 0.928. The van der Waals surface area contributed by atoms with E-state index < -0.39 is 0 Å². The van der Waals surface area contributed by atoms with Crippen molar-refractivity contribution >= 4 is 27.6 Å². The van der Waals surface area contributed by atoms with Crippen LogP contribution in [0.3, 0.4) is 0 Å². The summed E-state index contributed by atoms with van der Waals surface area (Å²) in [6.45, 7) is 2.18. The molecule has 0 unspecified atom stereocenters. The van der Waals surface area contributed by atoms with Gasteiger partial charge in [0, 0.05) is 36.1 Å². The minimum atomic E-state index is 0.928. The van der Waals surface area contributed by atoms with Gasteiger partial charge in [-0.15, -0.1) is 0 Å². The molecular formula is C55H56N2O. The summed E-state index contributed by atoms with van der Waals surface area (Å²) in [5.74, 6) is 0. The summed E-state index contributed by atoms with van der Waals surface area (Å²) < 4.78 is 6.37. The van der Waals surface area contributed by atoms with Gasteiger partial charge in [0.05, 0.1) is 0 Å². The summed E-state index contributed by atoms with van der Waals surface area (Å²) in [7, 11) is 5.57. The van der Waals surface area contributed by atoms with E-state index in [-0.39, 0.29) is 0 Å². The molecule has 7 aromatic carbocycles. The topological polar surface area (TPSA) is 42.4 Å². The molecular weight excluding hydrogens is 705 g/mol. The van der Waals surface area contributed by atoms with Crippen molar-refractivity contribution in [3.05, 3.63) is 222 Å². The minimum Gasteiger partial charge on any atom is -0.455 e. The average molecular weight is 761 g/mol. The van der Waals surface area contributed by atoms with Crippen LogP contribution in [0.1, 0.15) is 42.0 Å². The van der Waals surface area contributed by atoms with Crippen molar-refractivity contribution in [3.8, 4) is 22.3 Å². The molecule has 0 radical (unpaired) electrons. The Morgan fingerprint density at radius 2 is 1.09 bits per heavy atom. The summed E-state index contributed by atoms with van der Waals surface area (Å²) in [6, 6.07) is 62.2. The van der Waals surface area contributed by atoms with Gasteiger partial charge in [0.15, 0.2) is 0 Å². The van der Waals surface area contributed by atoms with Crippen LogP contribution in [0.5, 0.6) is 0 Å². The van der Waals surface area contributed by atoms with E-state index in [1.807, 2.05) is 32.3 Å². The lowest BCUT2D eigenvalue weighted by molar-refractivity contribution is 0.670. The molecule has 3 nitrogen and oxygen atoms in total. The second-order valence-electron chi connectivity index (χ2n) is 14.6. The summed E-state index contributed by atoms with van der Waals surface area (Å²) >= 11 is 0. The first-order valence-corrected chi connectivity index (χ1v) is 20.4. The number of hydrogen-bond acceptors (Lipinski definition) is 3. The Bertz CT molecular complexity index is 2490. The number of rotatable bonds is 8. The van der Waals surface area contributed by atoms with Crippen LogP contribution in [-0.4, -0.2) is 21.1 Å². The van der Waals surface area contributed by atoms with Gasteiger partial charge in [-0.25, -0.2) is 0 Å². The summed E-state index contributed by atoms with van der Waals surface area (Å²) in [6.07, 6.45) is 12.3. The number of hydrogen-bond donors (Lipinski definition) is 1. The number of allylic oxidation sites excluding steroid dienone is 4. The Labute approximate surface area is 345 Å². The molecule has 1 aromatic heterocycles. The van der Waals surface area contributed by atoms with Crippen molar-refractivity contribution < 1.29 is 4.42 Å². The predicted octanol–water partition coefficient (Wildman–Crippen LogP) is 13.9. The summed E-state index contributed by atoms with van der Waals surface area (Å²) in [5.41, 5.74) is 19.3. The first-order valence-electron chi connectivity index (χ1n) is 20.4. The lowest BCUT2D eigenvalue weighted by Gasteiger charge is -2.10. The van der Waals surface area contributed by atoms with Crippen LogP contribution in [0, 0.1) is 0 Å². The van der Waals surface area contributed by atoms with E-state index in [0.29, 0.717) is 0 Å². The smallest absolute Gasteiger partial charge is 0.143 e. The van der Waals surface area contributed by atoms with Crippen LogP contribution in [0.25, 0.3) is 44.2 Å². The largest absolute Gasteiger partial charge is 0.455 e. The molecule has 9 rings (SSSR count). The molecule has 58 heavy (non-hydrogen) atoms. The van der Waals surface area contributed by atoms with Crippen molar-refractivity contribution in [2.45, 2.75) is 39.0 Å². The third-order valence-electron chi connectivity index (χ3n) is 10.3. The second-order valence-corrected chi connectivity index (χ2v) is 14.6. The zero-order valence-electron chi connectivity index (χ0n) is 34.4. The molecule has 3 heteroatoms. The fourth-order valence-electron chi connectivity index (χ4n) is 7.13. The third-order valence-corrected chi connectivity index (χ3v) is 10.3. The summed E-state index contributed by atoms with van der Waals surface area (Å²) in [4.78, 5) is 2.08. The van der Waals surface area contributed by atoms with Crippen molar-refractivity contribution in [1.82, 2.24) is 0 Å². The molecule has 0 fully saturated rings. The number of anilines is 1. The van der Waals surface area contributed by atoms with E-state index in [0.717, 1.165) is 46.8 Å². The molecule has 8 aromatic rings. The van der Waals surface area contributed by atoms with Crippen LogP contribution in [-0.2, 0) is 19.3 Å². The summed E-state index contributed by atoms with van der Waals surface area (Å²) in [5, 5.41) is 2.32. The normalized spacial score (nSPS) is 11.6. The lowest BCUT2D eigenvalue weighted by Crippen LogP contribution is -2.07. The lowest BCUT2D eigenvalue weighted by atomic mass is 9.98. The van der Waals surface area contributed by atoms with Gasteiger partial charge < -0.3 is 15.1 Å². The van der Waals surface area contributed by atoms with E-state index in [1.54, 1.807) is 0 Å². The fraction of sp³-hybridized carbons (Fsp3) is 0.164. The van der Waals surface area contributed by atoms with E-state index in [4.69, 9.17) is 4.42 Å². The highest BCUT2D eigenvalue weighted by Crippen LogP contribution is 2.37. The Balaban J connectivity index is 0.000000192. The highest BCUT2D eigenvalue weighted by atomic mass is 16.3. The van der Waals surface area contributed by atoms with Gasteiger partial charge in [0.1, 0.15) is 11.2 Å². The Morgan fingerprint density at radius 1 is 0.517 bits per heavy atom. The molecule has 0 aliphatic heterocycles. The van der Waals surface area contributed by atoms with Crippen LogP contribution >= 0.6 is 0 Å². The standard InChI is InChI=1S/C33H26O.C13H14.C8H11N.CH5N/c1-2-23-11-17-27(18-12-23)29-9-6-10-30-31-22-28(19-20-32(31)34-33(29)30)26-15-13-25(14-16-26)21-24-7-4-3-5-8-24;1-3-7-12(8-4-1)11-13-9-5-2-6-10-13;1-9(2)8-6-4-3-5-7-8;1-2/h3-20,22H,2,21H2,1H3;1,3-5,7-10H,2,6,11H2;3-7H,1-2H3;2H2,1H3. The van der Waals surface area contributed by atoms with Crippen molar-refractivity contribution in [2.24, 2.45) is 5.73 Å². The number of nitrogens with two attached hydrogens (primary N) is 1. The van der Waals surface area contributed by atoms with Gasteiger partial charge in [-0.05, 0) is 108 Å². The number of para-hydroxylation sites is 2. The highest BCUT2D eigenvalue weighted by Gasteiger charge is 2.13. The monoisotopic (exact) mass is 760 g/mol. The number of aryl methyl sites for hydroxylation is 1. The van der Waals surface area contributed by atoms with Gasteiger partial charge in [-0.3, -0.25) is 0 Å². The van der Waals surface area contributed by atoms with Gasteiger partial charge in [-0.1, -0.05) is 177 Å². The maximum Gasteiger partial charge on any atom is 0.143 e. The van der Waals surface area contributed by atoms with Crippen molar-refractivity contribution in [2.75, 3.05) is 26.0 Å². The zero-order valence-corrected chi connectivity index (χ0v) is 34.4. The highest BCUT2D eigenvalue weighted by molar-refractivity contribution is 6.10. The SMILES string of the molecule is C1=CC(Cc2ccccc2)=CCC1.CCc1ccc(-c2cccc3c2oc2ccc(-c4ccc(Cc5ccccc5)cc4)cc23)cc1.CN.CN(C)c1ccccc1.